The molecular formula is C23H28N2O4. The van der Waals surface area contributed by atoms with Crippen LogP contribution >= 0.6 is 0 Å². The lowest BCUT2D eigenvalue weighted by Crippen LogP contribution is -2.45. The Labute approximate surface area is 171 Å². The lowest BCUT2D eigenvalue weighted by Gasteiger charge is -2.29. The Morgan fingerprint density at radius 3 is 2.28 bits per heavy atom. The summed E-state index contributed by atoms with van der Waals surface area (Å²) in [6, 6.07) is 18.4. The number of β-amino-alcohol motifs (C(OH)–C–C–N with tert-alkyl or cyclic N) is 1. The number of nitrogens with one attached hydrogen (secondary N) is 1. The zero-order chi connectivity index (χ0) is 20.9. The molecule has 0 radical (unpaired) electrons. The zero-order valence-corrected chi connectivity index (χ0v) is 16.9. The number of carbonyl (C=O) groups excluding carboxylic acids is 2. The first kappa shape index (κ1) is 21.0. The van der Waals surface area contributed by atoms with Crippen molar-refractivity contribution in [3.05, 3.63) is 71.8 Å². The van der Waals surface area contributed by atoms with Crippen molar-refractivity contribution in [1.29, 1.82) is 0 Å². The molecular weight excluding hydrogens is 368 g/mol. The van der Waals surface area contributed by atoms with Crippen LogP contribution in [0.25, 0.3) is 0 Å². The Balaban J connectivity index is 1.67. The summed E-state index contributed by atoms with van der Waals surface area (Å²) in [7, 11) is 0. The number of hydrogen-bond donors (Lipinski definition) is 2. The van der Waals surface area contributed by atoms with Crippen LogP contribution in [0.1, 0.15) is 31.4 Å². The van der Waals surface area contributed by atoms with E-state index in [9.17, 15) is 14.7 Å². The predicted molar refractivity (Wildman–Crippen MR) is 110 cm³/mol. The van der Waals surface area contributed by atoms with E-state index in [2.05, 4.69) is 5.32 Å². The van der Waals surface area contributed by atoms with Crippen molar-refractivity contribution in [2.45, 2.75) is 38.5 Å². The molecule has 154 valence electrons. The molecule has 0 spiro atoms. The first-order valence-corrected chi connectivity index (χ1v) is 9.92. The fourth-order valence-electron chi connectivity index (χ4n) is 3.73. The standard InChI is InChI=1S/C23H28N2O4/c1-17(2)13-23(19-11-7-4-8-12-19)21(27)25(22(28)24-23)14-20(26)16-29-15-18-9-5-3-6-10-18/h3-12,17,20,26H,13-16H2,1-2H3,(H,24,28). The van der Waals surface area contributed by atoms with Crippen LogP contribution < -0.4 is 5.32 Å². The molecule has 1 aliphatic rings. The highest BCUT2D eigenvalue weighted by Gasteiger charge is 2.52. The highest BCUT2D eigenvalue weighted by Crippen LogP contribution is 2.35. The van der Waals surface area contributed by atoms with Gasteiger partial charge in [0.05, 0.1) is 25.9 Å². The molecule has 6 nitrogen and oxygen atoms in total. The van der Waals surface area contributed by atoms with E-state index in [1.807, 2.05) is 74.5 Å². The maximum atomic E-state index is 13.3. The fourth-order valence-corrected chi connectivity index (χ4v) is 3.73. The van der Waals surface area contributed by atoms with Gasteiger partial charge in [0.1, 0.15) is 5.54 Å². The number of ether oxygens (including phenoxy) is 1. The highest BCUT2D eigenvalue weighted by atomic mass is 16.5. The smallest absolute Gasteiger partial charge is 0.325 e. The van der Waals surface area contributed by atoms with Crippen LogP contribution in [-0.2, 0) is 21.7 Å². The molecule has 1 fully saturated rings. The van der Waals surface area contributed by atoms with Crippen molar-refractivity contribution < 1.29 is 19.4 Å². The number of urea groups is 1. The maximum absolute atomic E-state index is 13.3. The van der Waals surface area contributed by atoms with Crippen molar-refractivity contribution in [2.75, 3.05) is 13.2 Å². The molecule has 2 aromatic carbocycles. The number of benzene rings is 2. The second-order valence-electron chi connectivity index (χ2n) is 7.87. The van der Waals surface area contributed by atoms with Crippen molar-refractivity contribution >= 4 is 11.9 Å². The van der Waals surface area contributed by atoms with Gasteiger partial charge in [-0.2, -0.15) is 0 Å². The Morgan fingerprint density at radius 1 is 1.03 bits per heavy atom. The SMILES string of the molecule is CC(C)CC1(c2ccccc2)NC(=O)N(CC(O)COCc2ccccc2)C1=O. The van der Waals surface area contributed by atoms with E-state index < -0.39 is 17.7 Å². The van der Waals surface area contributed by atoms with E-state index in [1.54, 1.807) is 0 Å². The third kappa shape index (κ3) is 4.83. The van der Waals surface area contributed by atoms with E-state index in [4.69, 9.17) is 4.74 Å². The summed E-state index contributed by atoms with van der Waals surface area (Å²) in [5.41, 5.74) is 0.649. The second kappa shape index (κ2) is 9.20. The minimum atomic E-state index is -1.10. The molecule has 1 saturated heterocycles. The van der Waals surface area contributed by atoms with E-state index in [1.165, 1.54) is 0 Å². The van der Waals surface area contributed by atoms with E-state index in [0.717, 1.165) is 16.0 Å². The van der Waals surface area contributed by atoms with Crippen LogP contribution in [0.5, 0.6) is 0 Å². The minimum absolute atomic E-state index is 0.0362. The molecule has 29 heavy (non-hydrogen) atoms. The number of aliphatic hydroxyl groups excluding tert-OH is 1. The number of hydrogen-bond acceptors (Lipinski definition) is 4. The summed E-state index contributed by atoms with van der Waals surface area (Å²) in [6.07, 6.45) is -0.474. The predicted octanol–water partition coefficient (Wildman–Crippen LogP) is 3.06. The van der Waals surface area contributed by atoms with Gasteiger partial charge in [-0.1, -0.05) is 74.5 Å². The van der Waals surface area contributed by atoms with Gasteiger partial charge in [0, 0.05) is 0 Å². The fraction of sp³-hybridized carbons (Fsp3) is 0.391. The second-order valence-corrected chi connectivity index (χ2v) is 7.87. The lowest BCUT2D eigenvalue weighted by atomic mass is 9.82. The summed E-state index contributed by atoms with van der Waals surface area (Å²) >= 11 is 0. The summed E-state index contributed by atoms with van der Waals surface area (Å²) in [5, 5.41) is 13.2. The molecule has 3 rings (SSSR count). The third-order valence-corrected chi connectivity index (χ3v) is 4.97. The lowest BCUT2D eigenvalue weighted by molar-refractivity contribution is -0.133. The van der Waals surface area contributed by atoms with Gasteiger partial charge < -0.3 is 15.2 Å². The van der Waals surface area contributed by atoms with Gasteiger partial charge in [0.2, 0.25) is 0 Å². The van der Waals surface area contributed by atoms with E-state index in [-0.39, 0.29) is 25.0 Å². The van der Waals surface area contributed by atoms with Crippen molar-refractivity contribution in [3.8, 4) is 0 Å². The van der Waals surface area contributed by atoms with Crippen LogP contribution in [0.4, 0.5) is 4.79 Å². The minimum Gasteiger partial charge on any atom is -0.389 e. The molecule has 2 atom stereocenters. The van der Waals surface area contributed by atoms with Gasteiger partial charge >= 0.3 is 6.03 Å². The average molecular weight is 396 g/mol. The average Bonchev–Trinajstić information content (AvgIpc) is 2.94. The van der Waals surface area contributed by atoms with Crippen molar-refractivity contribution in [1.82, 2.24) is 10.2 Å². The number of carbonyl (C=O) groups is 2. The molecule has 6 heteroatoms. The maximum Gasteiger partial charge on any atom is 0.325 e. The van der Waals surface area contributed by atoms with Crippen LogP contribution in [-0.4, -0.2) is 41.2 Å². The Bertz CT molecular complexity index is 825. The largest absolute Gasteiger partial charge is 0.389 e. The summed E-state index contributed by atoms with van der Waals surface area (Å²) in [5.74, 6) is -0.136. The third-order valence-electron chi connectivity index (χ3n) is 4.97. The zero-order valence-electron chi connectivity index (χ0n) is 16.9. The molecule has 0 aromatic heterocycles. The summed E-state index contributed by atoms with van der Waals surface area (Å²) < 4.78 is 5.54. The molecule has 2 unspecified atom stereocenters. The summed E-state index contributed by atoms with van der Waals surface area (Å²) in [4.78, 5) is 27.0. The van der Waals surface area contributed by atoms with Crippen LogP contribution in [0.3, 0.4) is 0 Å². The molecule has 2 aromatic rings. The number of nitrogens with zero attached hydrogens (tertiary/aromatic N) is 1. The monoisotopic (exact) mass is 396 g/mol. The van der Waals surface area contributed by atoms with E-state index >= 15 is 0 Å². The molecule has 0 bridgehead atoms. The molecule has 2 N–H and O–H groups in total. The van der Waals surface area contributed by atoms with E-state index in [0.29, 0.717) is 13.0 Å². The van der Waals surface area contributed by atoms with Gasteiger partial charge in [-0.15, -0.1) is 0 Å². The van der Waals surface area contributed by atoms with Crippen LogP contribution in [0, 0.1) is 5.92 Å². The first-order valence-electron chi connectivity index (χ1n) is 9.92. The topological polar surface area (TPSA) is 78.9 Å². The molecule has 0 saturated carbocycles. The quantitative estimate of drug-likeness (QED) is 0.639. The Hall–Kier alpha value is -2.70. The van der Waals surface area contributed by atoms with Gasteiger partial charge in [-0.25, -0.2) is 4.79 Å². The number of rotatable bonds is 9. The summed E-state index contributed by atoms with van der Waals surface area (Å²) in [6.45, 7) is 4.32. The highest BCUT2D eigenvalue weighted by molar-refractivity contribution is 6.07. The Kier molecular flexibility index (Phi) is 6.67. The molecule has 0 aliphatic carbocycles. The van der Waals surface area contributed by atoms with Gasteiger partial charge in [-0.05, 0) is 23.5 Å². The number of aliphatic hydroxyl groups is 1. The molecule has 1 aliphatic heterocycles. The first-order chi connectivity index (χ1) is 13.9. The molecule has 1 heterocycles. The number of amides is 3. The van der Waals surface area contributed by atoms with Crippen LogP contribution in [0.15, 0.2) is 60.7 Å². The van der Waals surface area contributed by atoms with Crippen molar-refractivity contribution in [2.24, 2.45) is 5.92 Å². The van der Waals surface area contributed by atoms with Crippen molar-refractivity contribution in [3.63, 3.8) is 0 Å². The normalized spacial score (nSPS) is 20.2. The number of imide groups is 1. The van der Waals surface area contributed by atoms with Gasteiger partial charge in [-0.3, -0.25) is 9.69 Å². The van der Waals surface area contributed by atoms with Crippen LogP contribution in [0.2, 0.25) is 0 Å². The Morgan fingerprint density at radius 2 is 1.66 bits per heavy atom. The van der Waals surface area contributed by atoms with Gasteiger partial charge in [0.15, 0.2) is 0 Å². The molecule has 3 amide bonds. The van der Waals surface area contributed by atoms with Gasteiger partial charge in [0.25, 0.3) is 5.91 Å².